The summed E-state index contributed by atoms with van der Waals surface area (Å²) in [5.41, 5.74) is 3.90. The van der Waals surface area contributed by atoms with Gasteiger partial charge in [0.15, 0.2) is 0 Å². The molecule has 1 aliphatic heterocycles. The van der Waals surface area contributed by atoms with E-state index in [4.69, 9.17) is 16.6 Å². The highest BCUT2D eigenvalue weighted by atomic mass is 35.5. The summed E-state index contributed by atoms with van der Waals surface area (Å²) in [6.45, 7) is 6.12. The van der Waals surface area contributed by atoms with E-state index < -0.39 is 0 Å². The smallest absolute Gasteiger partial charge is 0.127 e. The van der Waals surface area contributed by atoms with Crippen molar-refractivity contribution < 1.29 is 0 Å². The zero-order valence-electron chi connectivity index (χ0n) is 17.1. The van der Waals surface area contributed by atoms with E-state index in [0.29, 0.717) is 11.1 Å². The van der Waals surface area contributed by atoms with Crippen molar-refractivity contribution in [3.05, 3.63) is 99.4 Å². The van der Waals surface area contributed by atoms with Crippen LogP contribution in [0.5, 0.6) is 0 Å². The molecule has 0 saturated carbocycles. The lowest BCUT2D eigenvalue weighted by Crippen LogP contribution is -2.49. The van der Waals surface area contributed by atoms with Gasteiger partial charge in [0, 0.05) is 16.7 Å². The summed E-state index contributed by atoms with van der Waals surface area (Å²) in [6.07, 6.45) is 14.9. The molecule has 3 aliphatic rings. The fraction of sp³-hybridized carbons (Fsp3) is 0.222. The Kier molecular flexibility index (Phi) is 4.96. The van der Waals surface area contributed by atoms with Crippen molar-refractivity contribution in [1.29, 1.82) is 0 Å². The lowest BCUT2D eigenvalue weighted by Gasteiger charge is -2.33. The van der Waals surface area contributed by atoms with E-state index in [0.717, 1.165) is 23.4 Å². The molecule has 30 heavy (non-hydrogen) atoms. The summed E-state index contributed by atoms with van der Waals surface area (Å²) in [6, 6.07) is 12.9. The summed E-state index contributed by atoms with van der Waals surface area (Å²) in [7, 11) is 0. The van der Waals surface area contributed by atoms with Crippen molar-refractivity contribution in [2.45, 2.75) is 25.9 Å². The molecule has 3 atom stereocenters. The molecule has 1 N–H and O–H groups in total. The Balaban J connectivity index is 1.67. The molecule has 5 rings (SSSR count). The van der Waals surface area contributed by atoms with Gasteiger partial charge in [0.1, 0.15) is 11.3 Å². The largest absolute Gasteiger partial charge is 0.353 e. The minimum atomic E-state index is -0.109. The Morgan fingerprint density at radius 2 is 2.03 bits per heavy atom. The van der Waals surface area contributed by atoms with Gasteiger partial charge in [-0.05, 0) is 46.4 Å². The van der Waals surface area contributed by atoms with E-state index in [9.17, 15) is 0 Å². The monoisotopic (exact) mass is 412 g/mol. The SMILES string of the molecule is C=C/C=C\C1=c2ccccc2=C[C@@H]([C@@H]2N=c3c4c(ccc3=C(Cl)N2)CCC=C4)C1C. The second-order valence-corrected chi connectivity index (χ2v) is 8.56. The van der Waals surface area contributed by atoms with E-state index in [1.54, 1.807) is 0 Å². The predicted molar refractivity (Wildman–Crippen MR) is 126 cm³/mol. The van der Waals surface area contributed by atoms with E-state index in [1.165, 1.54) is 27.1 Å². The molecule has 0 bridgehead atoms. The van der Waals surface area contributed by atoms with Crippen LogP contribution in [0.25, 0.3) is 22.9 Å². The maximum atomic E-state index is 6.75. The Morgan fingerprint density at radius 1 is 1.17 bits per heavy atom. The van der Waals surface area contributed by atoms with Crippen molar-refractivity contribution in [2.75, 3.05) is 0 Å². The molecule has 1 unspecified atom stereocenters. The van der Waals surface area contributed by atoms with Crippen molar-refractivity contribution >= 4 is 34.5 Å². The van der Waals surface area contributed by atoms with Gasteiger partial charge in [-0.25, -0.2) is 0 Å². The van der Waals surface area contributed by atoms with Crippen molar-refractivity contribution in [2.24, 2.45) is 16.8 Å². The Bertz CT molecular complexity index is 1330. The topological polar surface area (TPSA) is 24.4 Å². The Morgan fingerprint density at radius 3 is 2.90 bits per heavy atom. The average Bonchev–Trinajstić information content (AvgIpc) is 2.78. The second kappa shape index (κ2) is 7.77. The van der Waals surface area contributed by atoms with Crippen LogP contribution in [0.15, 0.2) is 72.3 Å². The molecule has 0 amide bonds. The van der Waals surface area contributed by atoms with Crippen LogP contribution in [0.4, 0.5) is 0 Å². The van der Waals surface area contributed by atoms with Crippen LogP contribution in [0.3, 0.4) is 0 Å². The molecule has 2 nitrogen and oxygen atoms in total. The van der Waals surface area contributed by atoms with Gasteiger partial charge in [-0.15, -0.1) is 0 Å². The Labute approximate surface area is 182 Å². The van der Waals surface area contributed by atoms with Crippen molar-refractivity contribution in [3.8, 4) is 0 Å². The van der Waals surface area contributed by atoms with Gasteiger partial charge in [0.05, 0.1) is 5.36 Å². The van der Waals surface area contributed by atoms with Crippen LogP contribution in [-0.4, -0.2) is 6.17 Å². The summed E-state index contributed by atoms with van der Waals surface area (Å²) in [4.78, 5) is 5.21. The van der Waals surface area contributed by atoms with Crippen LogP contribution < -0.4 is 26.3 Å². The van der Waals surface area contributed by atoms with Gasteiger partial charge in [-0.2, -0.15) is 0 Å². The third-order valence-corrected chi connectivity index (χ3v) is 6.75. The first-order valence-electron chi connectivity index (χ1n) is 10.6. The van der Waals surface area contributed by atoms with Crippen LogP contribution in [0.1, 0.15) is 24.5 Å². The van der Waals surface area contributed by atoms with Gasteiger partial charge in [0.25, 0.3) is 0 Å². The highest BCUT2D eigenvalue weighted by molar-refractivity contribution is 6.44. The van der Waals surface area contributed by atoms with Crippen molar-refractivity contribution in [3.63, 3.8) is 0 Å². The maximum Gasteiger partial charge on any atom is 0.127 e. The molecule has 0 radical (unpaired) electrons. The Hall–Kier alpha value is -2.84. The number of fused-ring (bicyclic) bond motifs is 4. The first-order valence-corrected chi connectivity index (χ1v) is 11.0. The van der Waals surface area contributed by atoms with Gasteiger partial charge in [-0.3, -0.25) is 4.99 Å². The lowest BCUT2D eigenvalue weighted by atomic mass is 9.79. The highest BCUT2D eigenvalue weighted by Gasteiger charge is 2.31. The quantitative estimate of drug-likeness (QED) is 0.608. The van der Waals surface area contributed by atoms with Crippen LogP contribution in [0, 0.1) is 11.8 Å². The first kappa shape index (κ1) is 19.1. The molecular formula is C27H25ClN2. The minimum absolute atomic E-state index is 0.109. The average molecular weight is 413 g/mol. The third kappa shape index (κ3) is 3.16. The van der Waals surface area contributed by atoms with E-state index >= 15 is 0 Å². The number of allylic oxidation sites excluding steroid dienone is 4. The number of aryl methyl sites for hydroxylation is 1. The number of hydrogen-bond acceptors (Lipinski definition) is 2. The lowest BCUT2D eigenvalue weighted by molar-refractivity contribution is 0.411. The number of benzene rings is 2. The first-order chi connectivity index (χ1) is 14.7. The fourth-order valence-corrected chi connectivity index (χ4v) is 5.12. The fourth-order valence-electron chi connectivity index (χ4n) is 4.86. The highest BCUT2D eigenvalue weighted by Crippen LogP contribution is 2.30. The van der Waals surface area contributed by atoms with Crippen molar-refractivity contribution in [1.82, 2.24) is 5.32 Å². The predicted octanol–water partition coefficient (Wildman–Crippen LogP) is 3.14. The van der Waals surface area contributed by atoms with Gasteiger partial charge >= 0.3 is 0 Å². The zero-order chi connectivity index (χ0) is 20.7. The molecule has 0 fully saturated rings. The molecule has 2 aromatic rings. The molecule has 1 heterocycles. The second-order valence-electron chi connectivity index (χ2n) is 8.18. The molecule has 3 heteroatoms. The summed E-state index contributed by atoms with van der Waals surface area (Å²) in [5, 5.41) is 8.74. The molecule has 0 spiro atoms. The standard InChI is InChI=1S/C27H25ClN2/c1-3-4-11-20-17(2)24(16-19-10-6-7-12-21(19)20)27-29-25-22-13-8-5-9-18(22)14-15-23(25)26(28)30-27/h3-4,6-8,10-17,24,27,30H,1,5,9H2,2H3/b11-4-/t17?,24-,27-/m1/s1. The number of nitrogens with zero attached hydrogens (tertiary/aromatic N) is 1. The zero-order valence-corrected chi connectivity index (χ0v) is 17.9. The number of halogens is 1. The molecule has 0 aromatic heterocycles. The molecule has 0 saturated heterocycles. The van der Waals surface area contributed by atoms with Gasteiger partial charge < -0.3 is 5.32 Å². The molecule has 2 aromatic carbocycles. The summed E-state index contributed by atoms with van der Waals surface area (Å²) < 4.78 is 0. The number of nitrogens with one attached hydrogen (secondary N) is 1. The normalized spacial score (nSPS) is 24.3. The van der Waals surface area contributed by atoms with Crippen LogP contribution in [-0.2, 0) is 6.42 Å². The van der Waals surface area contributed by atoms with Crippen LogP contribution >= 0.6 is 11.6 Å². The summed E-state index contributed by atoms with van der Waals surface area (Å²) >= 11 is 6.75. The van der Waals surface area contributed by atoms with Gasteiger partial charge in [0.2, 0.25) is 0 Å². The maximum absolute atomic E-state index is 6.75. The minimum Gasteiger partial charge on any atom is -0.353 e. The number of rotatable bonds is 3. The van der Waals surface area contributed by atoms with Crippen LogP contribution in [0.2, 0.25) is 0 Å². The van der Waals surface area contributed by atoms with Gasteiger partial charge in [-0.1, -0.05) is 91.9 Å². The molecule has 2 aliphatic carbocycles. The third-order valence-electron chi connectivity index (χ3n) is 6.44. The molecule has 150 valence electrons. The van der Waals surface area contributed by atoms with E-state index in [-0.39, 0.29) is 12.1 Å². The van der Waals surface area contributed by atoms with E-state index in [1.807, 2.05) is 12.2 Å². The molecular weight excluding hydrogens is 388 g/mol. The summed E-state index contributed by atoms with van der Waals surface area (Å²) in [5.74, 6) is 0.480. The van der Waals surface area contributed by atoms with E-state index in [2.05, 4.69) is 79.5 Å². The number of hydrogen-bond donors (Lipinski definition) is 1.